The molecule has 1 aromatic rings. The Balaban J connectivity index is 1.97. The molecule has 0 spiro atoms. The van der Waals surface area contributed by atoms with Gasteiger partial charge in [-0.15, -0.1) is 0 Å². The molecule has 0 radical (unpaired) electrons. The minimum absolute atomic E-state index is 0.135. The van der Waals surface area contributed by atoms with Gasteiger partial charge in [0.2, 0.25) is 0 Å². The zero-order valence-corrected chi connectivity index (χ0v) is 12.3. The van der Waals surface area contributed by atoms with E-state index in [0.29, 0.717) is 11.7 Å². The van der Waals surface area contributed by atoms with E-state index in [1.165, 1.54) is 12.5 Å². The Kier molecular flexibility index (Phi) is 5.01. The number of para-hydroxylation sites is 1. The molecule has 2 rings (SSSR count). The van der Waals surface area contributed by atoms with Gasteiger partial charge in [0.15, 0.2) is 0 Å². The van der Waals surface area contributed by atoms with E-state index in [1.54, 1.807) is 6.07 Å². The number of hydrogen-bond donors (Lipinski definition) is 1. The monoisotopic (exact) mass is 314 g/mol. The summed E-state index contributed by atoms with van der Waals surface area (Å²) in [6.45, 7) is 5.09. The first-order valence-electron chi connectivity index (χ1n) is 6.64. The van der Waals surface area contributed by atoms with E-state index in [-0.39, 0.29) is 5.82 Å². The van der Waals surface area contributed by atoms with Crippen LogP contribution in [0.4, 0.5) is 10.1 Å². The maximum Gasteiger partial charge on any atom is 0.147 e. The molecule has 0 aliphatic carbocycles. The molecule has 1 fully saturated rings. The van der Waals surface area contributed by atoms with Crippen molar-refractivity contribution in [1.82, 2.24) is 5.32 Å². The highest BCUT2D eigenvalue weighted by Crippen LogP contribution is 2.31. The lowest BCUT2D eigenvalue weighted by atomic mass is 10.0. The van der Waals surface area contributed by atoms with E-state index in [4.69, 9.17) is 0 Å². The predicted octanol–water partition coefficient (Wildman–Crippen LogP) is 3.56. The minimum atomic E-state index is -0.135. The van der Waals surface area contributed by atoms with Gasteiger partial charge < -0.3 is 10.2 Å². The van der Waals surface area contributed by atoms with E-state index in [1.807, 2.05) is 6.07 Å². The largest absolute Gasteiger partial charge is 0.368 e. The molecule has 1 aliphatic heterocycles. The molecule has 18 heavy (non-hydrogen) atoms. The Bertz CT molecular complexity index is 369. The highest BCUT2D eigenvalue weighted by atomic mass is 79.9. The van der Waals surface area contributed by atoms with Crippen LogP contribution in [0.1, 0.15) is 26.2 Å². The lowest BCUT2D eigenvalue weighted by molar-refractivity contribution is 0.413. The van der Waals surface area contributed by atoms with Gasteiger partial charge in [0.25, 0.3) is 0 Å². The summed E-state index contributed by atoms with van der Waals surface area (Å²) in [4.78, 5) is 2.14. The first-order valence-corrected chi connectivity index (χ1v) is 7.44. The molecule has 0 saturated carbocycles. The molecule has 100 valence electrons. The van der Waals surface area contributed by atoms with Crippen LogP contribution in [0.25, 0.3) is 0 Å². The Morgan fingerprint density at radius 2 is 2.11 bits per heavy atom. The van der Waals surface area contributed by atoms with Gasteiger partial charge in [-0.2, -0.15) is 0 Å². The number of nitrogens with zero attached hydrogens (tertiary/aromatic N) is 1. The molecule has 4 heteroatoms. The van der Waals surface area contributed by atoms with Crippen LogP contribution in [0.3, 0.4) is 0 Å². The molecule has 0 unspecified atom stereocenters. The van der Waals surface area contributed by atoms with Gasteiger partial charge in [0.1, 0.15) is 5.82 Å². The summed E-state index contributed by atoms with van der Waals surface area (Å²) in [5, 5.41) is 3.54. The molecule has 1 N–H and O–H groups in total. The quantitative estimate of drug-likeness (QED) is 0.914. The molecule has 1 heterocycles. The Labute approximate surface area is 117 Å². The summed E-state index contributed by atoms with van der Waals surface area (Å²) in [6, 6.07) is 5.76. The molecular formula is C14H20BrFN2. The van der Waals surface area contributed by atoms with Crippen LogP contribution in [-0.2, 0) is 0 Å². The second-order valence-corrected chi connectivity index (χ2v) is 5.64. The number of rotatable bonds is 4. The van der Waals surface area contributed by atoms with E-state index < -0.39 is 0 Å². The van der Waals surface area contributed by atoms with Crippen LogP contribution in [-0.4, -0.2) is 25.7 Å². The SMILES string of the molecule is CCCNC1CCN(c2c(F)cccc2Br)CC1. The summed E-state index contributed by atoms with van der Waals surface area (Å²) in [7, 11) is 0. The number of piperidine rings is 1. The smallest absolute Gasteiger partial charge is 0.147 e. The molecule has 1 aliphatic rings. The van der Waals surface area contributed by atoms with Gasteiger partial charge in [-0.25, -0.2) is 4.39 Å². The zero-order valence-electron chi connectivity index (χ0n) is 10.8. The zero-order chi connectivity index (χ0) is 13.0. The van der Waals surface area contributed by atoms with Crippen LogP contribution in [0.15, 0.2) is 22.7 Å². The predicted molar refractivity (Wildman–Crippen MR) is 77.6 cm³/mol. The van der Waals surface area contributed by atoms with Crippen LogP contribution < -0.4 is 10.2 Å². The molecule has 0 amide bonds. The minimum Gasteiger partial charge on any atom is -0.368 e. The van der Waals surface area contributed by atoms with E-state index in [0.717, 1.165) is 36.9 Å². The van der Waals surface area contributed by atoms with Crippen molar-refractivity contribution in [3.8, 4) is 0 Å². The summed E-state index contributed by atoms with van der Waals surface area (Å²) in [6.07, 6.45) is 3.33. The molecule has 0 aromatic heterocycles. The number of benzene rings is 1. The maximum atomic E-state index is 13.8. The average Bonchev–Trinajstić information content (AvgIpc) is 2.37. The highest BCUT2D eigenvalue weighted by Gasteiger charge is 2.22. The van der Waals surface area contributed by atoms with Crippen molar-refractivity contribution >= 4 is 21.6 Å². The fourth-order valence-corrected chi connectivity index (χ4v) is 3.04. The third-order valence-electron chi connectivity index (χ3n) is 3.43. The summed E-state index contributed by atoms with van der Waals surface area (Å²) in [5.41, 5.74) is 0.714. The van der Waals surface area contributed by atoms with Crippen molar-refractivity contribution in [1.29, 1.82) is 0 Å². The topological polar surface area (TPSA) is 15.3 Å². The lowest BCUT2D eigenvalue weighted by Gasteiger charge is -2.34. The van der Waals surface area contributed by atoms with Gasteiger partial charge in [0, 0.05) is 23.6 Å². The molecule has 0 atom stereocenters. The van der Waals surface area contributed by atoms with Crippen molar-refractivity contribution in [3.05, 3.63) is 28.5 Å². The van der Waals surface area contributed by atoms with Crippen molar-refractivity contribution in [3.63, 3.8) is 0 Å². The maximum absolute atomic E-state index is 13.8. The van der Waals surface area contributed by atoms with E-state index in [9.17, 15) is 4.39 Å². The van der Waals surface area contributed by atoms with Gasteiger partial charge in [-0.1, -0.05) is 13.0 Å². The Morgan fingerprint density at radius 3 is 2.72 bits per heavy atom. The van der Waals surface area contributed by atoms with E-state index in [2.05, 4.69) is 33.1 Å². The van der Waals surface area contributed by atoms with Gasteiger partial charge in [-0.05, 0) is 53.9 Å². The highest BCUT2D eigenvalue weighted by molar-refractivity contribution is 9.10. The number of nitrogens with one attached hydrogen (secondary N) is 1. The molecule has 0 bridgehead atoms. The van der Waals surface area contributed by atoms with Crippen LogP contribution in [0.5, 0.6) is 0 Å². The van der Waals surface area contributed by atoms with Crippen molar-refractivity contribution < 1.29 is 4.39 Å². The summed E-state index contributed by atoms with van der Waals surface area (Å²) >= 11 is 3.44. The molecular weight excluding hydrogens is 295 g/mol. The van der Waals surface area contributed by atoms with Crippen LogP contribution in [0.2, 0.25) is 0 Å². The van der Waals surface area contributed by atoms with E-state index >= 15 is 0 Å². The standard InChI is InChI=1S/C14H20BrFN2/c1-2-8-17-11-6-9-18(10-7-11)14-12(15)4-3-5-13(14)16/h3-5,11,17H,2,6-10H2,1H3. The third-order valence-corrected chi connectivity index (χ3v) is 4.07. The van der Waals surface area contributed by atoms with Gasteiger partial charge in [0.05, 0.1) is 5.69 Å². The summed E-state index contributed by atoms with van der Waals surface area (Å²) in [5.74, 6) is -0.135. The van der Waals surface area contributed by atoms with Crippen molar-refractivity contribution in [2.24, 2.45) is 0 Å². The molecule has 1 aromatic carbocycles. The Hall–Kier alpha value is -0.610. The normalized spacial score (nSPS) is 17.2. The number of hydrogen-bond acceptors (Lipinski definition) is 2. The second-order valence-electron chi connectivity index (χ2n) is 4.79. The molecule has 2 nitrogen and oxygen atoms in total. The average molecular weight is 315 g/mol. The Morgan fingerprint density at radius 1 is 1.39 bits per heavy atom. The van der Waals surface area contributed by atoms with Crippen LogP contribution >= 0.6 is 15.9 Å². The van der Waals surface area contributed by atoms with Crippen molar-refractivity contribution in [2.75, 3.05) is 24.5 Å². The number of halogens is 2. The van der Waals surface area contributed by atoms with Gasteiger partial charge >= 0.3 is 0 Å². The third kappa shape index (κ3) is 3.23. The van der Waals surface area contributed by atoms with Crippen LogP contribution in [0, 0.1) is 5.82 Å². The van der Waals surface area contributed by atoms with Crippen molar-refractivity contribution in [2.45, 2.75) is 32.2 Å². The first kappa shape index (κ1) is 13.8. The summed E-state index contributed by atoms with van der Waals surface area (Å²) < 4.78 is 14.7. The van der Waals surface area contributed by atoms with Gasteiger partial charge in [-0.3, -0.25) is 0 Å². The second kappa shape index (κ2) is 6.53. The fourth-order valence-electron chi connectivity index (χ4n) is 2.45. The number of anilines is 1. The fraction of sp³-hybridized carbons (Fsp3) is 0.571. The lowest BCUT2D eigenvalue weighted by Crippen LogP contribution is -2.43. The molecule has 1 saturated heterocycles. The first-order chi connectivity index (χ1) is 8.72.